The van der Waals surface area contributed by atoms with Gasteiger partial charge in [-0.25, -0.2) is 0 Å². The van der Waals surface area contributed by atoms with Gasteiger partial charge in [-0.1, -0.05) is 47.5 Å². The average Bonchev–Trinajstić information content (AvgIpc) is 3.06. The quantitative estimate of drug-likeness (QED) is 0.468. The number of benzene rings is 2. The molecule has 0 fully saturated rings. The van der Waals surface area contributed by atoms with Gasteiger partial charge in [0.2, 0.25) is 0 Å². The fourth-order valence-electron chi connectivity index (χ4n) is 3.99. The number of nitrogens with one attached hydrogen (secondary N) is 1. The standard InChI is InChI=1S/C23H19ClF3NO/c1-13-9-11-14(12-10-13)21-19(15-5-2-3-8-18(15)28-21)22(29)20-16(23(25,26)27)6-4-7-17(20)24/h4,6-7,9-12,28H,2-3,5,8H2,1H3. The summed E-state index contributed by atoms with van der Waals surface area (Å²) in [4.78, 5) is 16.8. The number of alkyl halides is 3. The molecule has 1 heterocycles. The van der Waals surface area contributed by atoms with E-state index in [2.05, 4.69) is 4.98 Å². The summed E-state index contributed by atoms with van der Waals surface area (Å²) in [6, 6.07) is 11.0. The number of aryl methyl sites for hydroxylation is 2. The van der Waals surface area contributed by atoms with Gasteiger partial charge in [-0.15, -0.1) is 0 Å². The van der Waals surface area contributed by atoms with Crippen molar-refractivity contribution in [2.45, 2.75) is 38.8 Å². The number of carbonyl (C=O) groups is 1. The molecule has 150 valence electrons. The summed E-state index contributed by atoms with van der Waals surface area (Å²) in [6.45, 7) is 1.95. The molecule has 4 rings (SSSR count). The molecule has 0 radical (unpaired) electrons. The van der Waals surface area contributed by atoms with Crippen LogP contribution in [0, 0.1) is 6.92 Å². The van der Waals surface area contributed by atoms with Crippen molar-refractivity contribution in [3.63, 3.8) is 0 Å². The van der Waals surface area contributed by atoms with E-state index < -0.39 is 23.1 Å². The number of carbonyl (C=O) groups excluding carboxylic acids is 1. The van der Waals surface area contributed by atoms with Crippen molar-refractivity contribution in [2.24, 2.45) is 0 Å². The maximum atomic E-state index is 13.6. The molecule has 0 saturated heterocycles. The summed E-state index contributed by atoms with van der Waals surface area (Å²) in [6.07, 6.45) is -1.36. The van der Waals surface area contributed by atoms with Crippen LogP contribution in [-0.4, -0.2) is 10.8 Å². The highest BCUT2D eigenvalue weighted by atomic mass is 35.5. The van der Waals surface area contributed by atoms with Crippen LogP contribution < -0.4 is 0 Å². The van der Waals surface area contributed by atoms with Gasteiger partial charge in [0, 0.05) is 5.69 Å². The van der Waals surface area contributed by atoms with Gasteiger partial charge >= 0.3 is 6.18 Å². The number of fused-ring (bicyclic) bond motifs is 1. The number of rotatable bonds is 3. The zero-order valence-electron chi connectivity index (χ0n) is 15.8. The summed E-state index contributed by atoms with van der Waals surface area (Å²) in [5, 5.41) is -0.189. The van der Waals surface area contributed by atoms with Crippen molar-refractivity contribution in [2.75, 3.05) is 0 Å². The number of hydrogen-bond donors (Lipinski definition) is 1. The Hall–Kier alpha value is -2.53. The van der Waals surface area contributed by atoms with Crippen LogP contribution in [0.2, 0.25) is 5.02 Å². The lowest BCUT2D eigenvalue weighted by molar-refractivity contribution is -0.137. The summed E-state index contributed by atoms with van der Waals surface area (Å²) in [5.74, 6) is -0.682. The Balaban J connectivity index is 1.95. The molecule has 0 aliphatic heterocycles. The first-order valence-electron chi connectivity index (χ1n) is 9.48. The minimum atomic E-state index is -4.67. The maximum Gasteiger partial charge on any atom is 0.417 e. The number of halogens is 4. The van der Waals surface area contributed by atoms with Crippen LogP contribution in [0.4, 0.5) is 13.2 Å². The number of aromatic amines is 1. The SMILES string of the molecule is Cc1ccc(-c2[nH]c3c(c2C(=O)c2c(Cl)cccc2C(F)(F)F)CCCC3)cc1. The zero-order valence-corrected chi connectivity index (χ0v) is 16.5. The van der Waals surface area contributed by atoms with Crippen LogP contribution >= 0.6 is 11.6 Å². The highest BCUT2D eigenvalue weighted by Gasteiger charge is 2.38. The van der Waals surface area contributed by atoms with Gasteiger partial charge < -0.3 is 4.98 Å². The minimum absolute atomic E-state index is 0.189. The molecule has 1 aliphatic carbocycles. The Labute approximate surface area is 171 Å². The predicted octanol–water partition coefficient (Wildman–Crippen LogP) is 6.77. The third-order valence-electron chi connectivity index (χ3n) is 5.41. The number of hydrogen-bond acceptors (Lipinski definition) is 1. The van der Waals surface area contributed by atoms with Crippen molar-refractivity contribution in [1.29, 1.82) is 0 Å². The zero-order chi connectivity index (χ0) is 20.8. The molecule has 2 nitrogen and oxygen atoms in total. The van der Waals surface area contributed by atoms with E-state index in [0.717, 1.165) is 47.7 Å². The highest BCUT2D eigenvalue weighted by molar-refractivity contribution is 6.35. The third kappa shape index (κ3) is 3.60. The van der Waals surface area contributed by atoms with E-state index >= 15 is 0 Å². The normalized spacial score (nSPS) is 14.0. The Morgan fingerprint density at radius 1 is 1.00 bits per heavy atom. The molecule has 0 amide bonds. The van der Waals surface area contributed by atoms with Gasteiger partial charge in [0.15, 0.2) is 5.78 Å². The Morgan fingerprint density at radius 2 is 1.69 bits per heavy atom. The van der Waals surface area contributed by atoms with E-state index in [9.17, 15) is 18.0 Å². The molecule has 0 saturated carbocycles. The van der Waals surface area contributed by atoms with E-state index in [1.807, 2.05) is 31.2 Å². The number of ketones is 1. The van der Waals surface area contributed by atoms with Crippen molar-refractivity contribution >= 4 is 17.4 Å². The second-order valence-electron chi connectivity index (χ2n) is 7.39. The molecule has 3 aromatic rings. The largest absolute Gasteiger partial charge is 0.417 e. The molecule has 0 bridgehead atoms. The summed E-state index contributed by atoms with van der Waals surface area (Å²) in [5.41, 5.74) is 2.95. The lowest BCUT2D eigenvalue weighted by atomic mass is 9.88. The average molecular weight is 418 g/mol. The molecule has 0 unspecified atom stereocenters. The topological polar surface area (TPSA) is 32.9 Å². The fraction of sp³-hybridized carbons (Fsp3) is 0.261. The first kappa shape index (κ1) is 19.8. The smallest absolute Gasteiger partial charge is 0.358 e. The van der Waals surface area contributed by atoms with Crippen LogP contribution in [0.1, 0.15) is 51.1 Å². The number of aromatic nitrogens is 1. The van der Waals surface area contributed by atoms with Crippen LogP contribution in [0.25, 0.3) is 11.3 Å². The van der Waals surface area contributed by atoms with Crippen LogP contribution in [0.15, 0.2) is 42.5 Å². The van der Waals surface area contributed by atoms with Gasteiger partial charge in [0.25, 0.3) is 0 Å². The molecular weight excluding hydrogens is 399 g/mol. The minimum Gasteiger partial charge on any atom is -0.358 e. The van der Waals surface area contributed by atoms with Crippen molar-refractivity contribution < 1.29 is 18.0 Å². The van der Waals surface area contributed by atoms with Crippen LogP contribution in [0.5, 0.6) is 0 Å². The summed E-state index contributed by atoms with van der Waals surface area (Å²) in [7, 11) is 0. The summed E-state index contributed by atoms with van der Waals surface area (Å²) >= 11 is 6.12. The molecule has 6 heteroatoms. The Kier molecular flexibility index (Phi) is 5.03. The molecule has 2 aromatic carbocycles. The Bertz CT molecular complexity index is 1080. The van der Waals surface area contributed by atoms with Crippen LogP contribution in [-0.2, 0) is 19.0 Å². The monoisotopic (exact) mass is 417 g/mol. The third-order valence-corrected chi connectivity index (χ3v) is 5.72. The predicted molar refractivity (Wildman–Crippen MR) is 107 cm³/mol. The highest BCUT2D eigenvalue weighted by Crippen LogP contribution is 2.40. The molecule has 29 heavy (non-hydrogen) atoms. The van der Waals surface area contributed by atoms with Crippen molar-refractivity contribution in [3.05, 3.63) is 81.0 Å². The lowest BCUT2D eigenvalue weighted by Gasteiger charge is -2.16. The van der Waals surface area contributed by atoms with Crippen molar-refractivity contribution in [3.8, 4) is 11.3 Å². The first-order chi connectivity index (χ1) is 13.8. The van der Waals surface area contributed by atoms with Gasteiger partial charge in [-0.05, 0) is 55.9 Å². The van der Waals surface area contributed by atoms with Crippen LogP contribution in [0.3, 0.4) is 0 Å². The van der Waals surface area contributed by atoms with Gasteiger partial charge in [0.05, 0.1) is 27.4 Å². The molecule has 0 atom stereocenters. The van der Waals surface area contributed by atoms with E-state index in [1.54, 1.807) is 0 Å². The van der Waals surface area contributed by atoms with Gasteiger partial charge in [-0.3, -0.25) is 4.79 Å². The van der Waals surface area contributed by atoms with Crippen molar-refractivity contribution in [1.82, 2.24) is 4.98 Å². The second-order valence-corrected chi connectivity index (χ2v) is 7.80. The van der Waals surface area contributed by atoms with Gasteiger partial charge in [-0.2, -0.15) is 13.2 Å². The molecule has 1 aliphatic rings. The number of H-pyrrole nitrogens is 1. The lowest BCUT2D eigenvalue weighted by Crippen LogP contribution is -2.16. The molecule has 0 spiro atoms. The first-order valence-corrected chi connectivity index (χ1v) is 9.86. The second kappa shape index (κ2) is 7.38. The van der Waals surface area contributed by atoms with E-state index in [-0.39, 0.29) is 5.02 Å². The molecule has 1 aromatic heterocycles. The van der Waals surface area contributed by atoms with E-state index in [0.29, 0.717) is 17.7 Å². The van der Waals surface area contributed by atoms with E-state index in [4.69, 9.17) is 11.6 Å². The molecular formula is C23H19ClF3NO. The van der Waals surface area contributed by atoms with Gasteiger partial charge in [0.1, 0.15) is 0 Å². The fourth-order valence-corrected chi connectivity index (χ4v) is 4.25. The Morgan fingerprint density at radius 3 is 2.38 bits per heavy atom. The van der Waals surface area contributed by atoms with E-state index in [1.165, 1.54) is 12.1 Å². The summed E-state index contributed by atoms with van der Waals surface area (Å²) < 4.78 is 40.9. The molecule has 1 N–H and O–H groups in total. The maximum absolute atomic E-state index is 13.6.